The van der Waals surface area contributed by atoms with Crippen molar-refractivity contribution >= 4 is 0 Å². The molecule has 2 aliphatic rings. The first-order valence-corrected chi connectivity index (χ1v) is 9.06. The van der Waals surface area contributed by atoms with E-state index in [1.807, 2.05) is 0 Å². The zero-order chi connectivity index (χ0) is 18.1. The molecule has 0 unspecified atom stereocenters. The third-order valence-electron chi connectivity index (χ3n) is 5.47. The molecule has 2 fully saturated rings. The molecule has 138 valence electrons. The number of benzene rings is 1. The maximum atomic E-state index is 13.3. The average molecular weight is 360 g/mol. The second-order valence-electron chi connectivity index (χ2n) is 7.31. The Hall–Kier alpha value is -2.21. The molecule has 0 spiro atoms. The summed E-state index contributed by atoms with van der Waals surface area (Å²) < 4.78 is 32.3. The first kappa shape index (κ1) is 17.2. The maximum Gasteiger partial charge on any atom is 0.255 e. The fraction of sp³-hybridized carbons (Fsp3) is 0.450. The van der Waals surface area contributed by atoms with Gasteiger partial charge in [0.05, 0.1) is 6.10 Å². The second-order valence-corrected chi connectivity index (χ2v) is 7.31. The highest BCUT2D eigenvalue weighted by Crippen LogP contribution is 2.39. The Bertz CT molecular complexity index is 755. The number of aromatic nitrogens is 1. The number of halogens is 2. The Morgan fingerprint density at radius 3 is 2.38 bits per heavy atom. The molecule has 1 aromatic heterocycles. The molecule has 1 saturated heterocycles. The molecular formula is C20H22F2N2O2. The molecule has 1 saturated carbocycles. The highest BCUT2D eigenvalue weighted by molar-refractivity contribution is 5.23. The van der Waals surface area contributed by atoms with Gasteiger partial charge in [-0.05, 0) is 61.1 Å². The predicted octanol–water partition coefficient (Wildman–Crippen LogP) is 3.40. The van der Waals surface area contributed by atoms with Crippen LogP contribution in [0.15, 0.2) is 36.4 Å². The van der Waals surface area contributed by atoms with E-state index in [1.165, 1.54) is 18.2 Å². The minimum atomic E-state index is -0.804. The monoisotopic (exact) mass is 360 g/mol. The summed E-state index contributed by atoms with van der Waals surface area (Å²) in [6.45, 7) is 2.89. The van der Waals surface area contributed by atoms with Gasteiger partial charge in [-0.2, -0.15) is 4.39 Å². The smallest absolute Gasteiger partial charge is 0.255 e. The molecule has 2 aromatic rings. The van der Waals surface area contributed by atoms with Gasteiger partial charge >= 0.3 is 0 Å². The zero-order valence-corrected chi connectivity index (χ0v) is 14.4. The molecule has 3 atom stereocenters. The molecule has 1 aliphatic carbocycles. The predicted molar refractivity (Wildman–Crippen MR) is 93.0 cm³/mol. The SMILES string of the molecule is Oc1ccc(CCN2C[C@H]3C[C@H](Oc4ccc(F)cc4)C[C@H]3C2)nc1F. The highest BCUT2D eigenvalue weighted by Gasteiger charge is 2.41. The van der Waals surface area contributed by atoms with E-state index in [9.17, 15) is 13.9 Å². The van der Waals surface area contributed by atoms with Gasteiger partial charge in [0.15, 0.2) is 5.75 Å². The first-order chi connectivity index (χ1) is 12.6. The fourth-order valence-electron chi connectivity index (χ4n) is 4.20. The van der Waals surface area contributed by atoms with Gasteiger partial charge in [0, 0.05) is 31.7 Å². The van der Waals surface area contributed by atoms with E-state index in [1.54, 1.807) is 18.2 Å². The van der Waals surface area contributed by atoms with Gasteiger partial charge in [0.2, 0.25) is 0 Å². The average Bonchev–Trinajstić information content (AvgIpc) is 3.16. The molecule has 26 heavy (non-hydrogen) atoms. The van der Waals surface area contributed by atoms with Crippen LogP contribution in [-0.2, 0) is 6.42 Å². The summed E-state index contributed by atoms with van der Waals surface area (Å²) in [5.41, 5.74) is 0.662. The van der Waals surface area contributed by atoms with Gasteiger partial charge in [-0.25, -0.2) is 9.37 Å². The van der Waals surface area contributed by atoms with E-state index in [2.05, 4.69) is 9.88 Å². The number of rotatable bonds is 5. The standard InChI is InChI=1S/C20H22F2N2O2/c21-15-1-4-17(5-2-15)26-18-9-13-11-24(12-14(13)10-18)8-7-16-3-6-19(25)20(22)23-16/h1-6,13-14,18,25H,7-12H2/t13-,14+,18+. The van der Waals surface area contributed by atoms with Crippen molar-refractivity contribution < 1.29 is 18.6 Å². The lowest BCUT2D eigenvalue weighted by Gasteiger charge is -2.19. The number of hydrogen-bond acceptors (Lipinski definition) is 4. The molecule has 0 radical (unpaired) electrons. The lowest BCUT2D eigenvalue weighted by atomic mass is 10.0. The van der Waals surface area contributed by atoms with Gasteiger partial charge in [0.1, 0.15) is 11.6 Å². The molecule has 0 bridgehead atoms. The summed E-state index contributed by atoms with van der Waals surface area (Å²) in [7, 11) is 0. The van der Waals surface area contributed by atoms with Crippen molar-refractivity contribution in [3.63, 3.8) is 0 Å². The molecule has 1 N–H and O–H groups in total. The number of hydrogen-bond donors (Lipinski definition) is 1. The van der Waals surface area contributed by atoms with Crippen molar-refractivity contribution in [2.24, 2.45) is 11.8 Å². The lowest BCUT2D eigenvalue weighted by Crippen LogP contribution is -2.26. The summed E-state index contributed by atoms with van der Waals surface area (Å²) in [6, 6.07) is 9.23. The molecule has 4 nitrogen and oxygen atoms in total. The Morgan fingerprint density at radius 2 is 1.73 bits per heavy atom. The van der Waals surface area contributed by atoms with Gasteiger partial charge in [-0.15, -0.1) is 0 Å². The number of pyridine rings is 1. The van der Waals surface area contributed by atoms with Crippen LogP contribution in [0.25, 0.3) is 0 Å². The van der Waals surface area contributed by atoms with Gasteiger partial charge in [0.25, 0.3) is 5.95 Å². The lowest BCUT2D eigenvalue weighted by molar-refractivity contribution is 0.185. The van der Waals surface area contributed by atoms with E-state index in [4.69, 9.17) is 4.74 Å². The Kier molecular flexibility index (Phi) is 4.76. The molecule has 0 amide bonds. The van der Waals surface area contributed by atoms with E-state index in [-0.39, 0.29) is 11.9 Å². The van der Waals surface area contributed by atoms with Crippen LogP contribution in [0.3, 0.4) is 0 Å². The summed E-state index contributed by atoms with van der Waals surface area (Å²) in [6.07, 6.45) is 2.91. The van der Waals surface area contributed by atoms with Crippen LogP contribution in [-0.4, -0.2) is 40.7 Å². The number of aromatic hydroxyl groups is 1. The second kappa shape index (κ2) is 7.19. The van der Waals surface area contributed by atoms with Crippen LogP contribution in [0.5, 0.6) is 11.5 Å². The first-order valence-electron chi connectivity index (χ1n) is 9.06. The fourth-order valence-corrected chi connectivity index (χ4v) is 4.20. The highest BCUT2D eigenvalue weighted by atomic mass is 19.1. The van der Waals surface area contributed by atoms with Crippen LogP contribution < -0.4 is 4.74 Å². The van der Waals surface area contributed by atoms with Crippen LogP contribution in [0.1, 0.15) is 18.5 Å². The minimum Gasteiger partial charge on any atom is -0.504 e. The molecule has 1 aromatic carbocycles. The van der Waals surface area contributed by atoms with Crippen LogP contribution >= 0.6 is 0 Å². The number of fused-ring (bicyclic) bond motifs is 1. The maximum absolute atomic E-state index is 13.3. The van der Waals surface area contributed by atoms with Crippen LogP contribution in [0.4, 0.5) is 8.78 Å². The number of ether oxygens (including phenoxy) is 1. The summed E-state index contributed by atoms with van der Waals surface area (Å²) >= 11 is 0. The number of likely N-dealkylation sites (tertiary alicyclic amines) is 1. The number of nitrogens with zero attached hydrogens (tertiary/aromatic N) is 2. The van der Waals surface area contributed by atoms with E-state index >= 15 is 0 Å². The zero-order valence-electron chi connectivity index (χ0n) is 14.4. The van der Waals surface area contributed by atoms with Gasteiger partial charge in [-0.3, -0.25) is 0 Å². The minimum absolute atomic E-state index is 0.200. The van der Waals surface area contributed by atoms with Gasteiger partial charge in [-0.1, -0.05) is 0 Å². The van der Waals surface area contributed by atoms with Crippen molar-refractivity contribution in [3.05, 3.63) is 53.9 Å². The van der Waals surface area contributed by atoms with E-state index in [0.29, 0.717) is 24.0 Å². The molecule has 6 heteroatoms. The Labute approximate surface area is 151 Å². The summed E-state index contributed by atoms with van der Waals surface area (Å²) in [5, 5.41) is 9.20. The van der Waals surface area contributed by atoms with Gasteiger partial charge < -0.3 is 14.7 Å². The van der Waals surface area contributed by atoms with Crippen molar-refractivity contribution in [2.45, 2.75) is 25.4 Å². The van der Waals surface area contributed by atoms with Crippen molar-refractivity contribution in [3.8, 4) is 11.5 Å². The quantitative estimate of drug-likeness (QED) is 0.830. The van der Waals surface area contributed by atoms with Crippen molar-refractivity contribution in [1.82, 2.24) is 9.88 Å². The third-order valence-corrected chi connectivity index (χ3v) is 5.47. The van der Waals surface area contributed by atoms with E-state index < -0.39 is 11.7 Å². The van der Waals surface area contributed by atoms with Crippen LogP contribution in [0, 0.1) is 23.6 Å². The molecule has 1 aliphatic heterocycles. The van der Waals surface area contributed by atoms with Crippen molar-refractivity contribution in [2.75, 3.05) is 19.6 Å². The largest absolute Gasteiger partial charge is 0.504 e. The van der Waals surface area contributed by atoms with Crippen molar-refractivity contribution in [1.29, 1.82) is 0 Å². The Balaban J connectivity index is 1.25. The normalized spacial score (nSPS) is 25.4. The Morgan fingerprint density at radius 1 is 1.04 bits per heavy atom. The van der Waals surface area contributed by atoms with Crippen LogP contribution in [0.2, 0.25) is 0 Å². The summed E-state index contributed by atoms with van der Waals surface area (Å²) in [4.78, 5) is 6.18. The topological polar surface area (TPSA) is 45.6 Å². The molecular weight excluding hydrogens is 338 g/mol. The summed E-state index contributed by atoms with van der Waals surface area (Å²) in [5.74, 6) is 0.501. The molecule has 4 rings (SSSR count). The molecule has 2 heterocycles. The van der Waals surface area contributed by atoms with E-state index in [0.717, 1.165) is 38.2 Å². The third kappa shape index (κ3) is 3.80.